The molecular weight excluding hydrogens is 790 g/mol. The van der Waals surface area contributed by atoms with Gasteiger partial charge in [-0.05, 0) is 70.6 Å². The second kappa shape index (κ2) is 37.8. The van der Waals surface area contributed by atoms with Gasteiger partial charge in [-0.2, -0.15) is 0 Å². The number of carbonyl (C=O) groups is 2. The van der Waals surface area contributed by atoms with Crippen LogP contribution in [-0.2, 0) is 41.8 Å². The van der Waals surface area contributed by atoms with Crippen LogP contribution in [0.2, 0.25) is 0 Å². The first-order chi connectivity index (χ1) is 27.8. The van der Waals surface area contributed by atoms with E-state index in [-0.39, 0.29) is 12.8 Å². The van der Waals surface area contributed by atoms with E-state index in [9.17, 15) is 33.8 Å². The lowest BCUT2D eigenvalue weighted by Crippen LogP contribution is -2.29. The summed E-state index contributed by atoms with van der Waals surface area (Å²) in [6, 6.07) is 0. The van der Waals surface area contributed by atoms with Gasteiger partial charge < -0.3 is 34.4 Å². The van der Waals surface area contributed by atoms with Crippen LogP contribution in [0.15, 0.2) is 60.8 Å². The van der Waals surface area contributed by atoms with Crippen molar-refractivity contribution in [2.24, 2.45) is 0 Å². The number of allylic oxidation sites excluding steroid dienone is 8. The highest BCUT2D eigenvalue weighted by Crippen LogP contribution is 2.43. The summed E-state index contributed by atoms with van der Waals surface area (Å²) in [4.78, 5) is 52.6. The normalized spacial score (nSPS) is 15.2. The van der Waals surface area contributed by atoms with E-state index in [1.54, 1.807) is 6.08 Å². The second-order valence-electron chi connectivity index (χ2n) is 14.1. The summed E-state index contributed by atoms with van der Waals surface area (Å²) in [7, 11) is -9.71. The van der Waals surface area contributed by atoms with Gasteiger partial charge in [-0.15, -0.1) is 0 Å². The molecule has 0 saturated carbocycles. The fraction of sp³-hybridized carbons (Fsp3) is 0.714. The summed E-state index contributed by atoms with van der Waals surface area (Å²) in [5.41, 5.74) is 0. The zero-order valence-corrected chi connectivity index (χ0v) is 36.8. The van der Waals surface area contributed by atoms with Crippen molar-refractivity contribution >= 4 is 27.6 Å². The highest BCUT2D eigenvalue weighted by molar-refractivity contribution is 7.47. The Bertz CT molecular complexity index is 1280. The number of ether oxygens (including phenoxy) is 2. The highest BCUT2D eigenvalue weighted by atomic mass is 31.2. The third-order valence-electron chi connectivity index (χ3n) is 8.45. The average Bonchev–Trinajstić information content (AvgIpc) is 3.17. The predicted molar refractivity (Wildman–Crippen MR) is 227 cm³/mol. The third kappa shape index (κ3) is 40.6. The molecule has 0 bridgehead atoms. The molecule has 58 heavy (non-hydrogen) atoms. The Morgan fingerprint density at radius 3 is 1.79 bits per heavy atom. The number of hydrogen-bond acceptors (Lipinski definition) is 11. The summed E-state index contributed by atoms with van der Waals surface area (Å²) in [6.45, 7) is 1.54. The molecule has 0 radical (unpaired) electrons. The highest BCUT2D eigenvalue weighted by Gasteiger charge is 2.28. The minimum absolute atomic E-state index is 0.0199. The summed E-state index contributed by atoms with van der Waals surface area (Å²) >= 11 is 0. The molecule has 0 aliphatic carbocycles. The molecule has 0 saturated heterocycles. The number of rotatable bonds is 39. The van der Waals surface area contributed by atoms with E-state index in [0.717, 1.165) is 44.9 Å². The van der Waals surface area contributed by atoms with Crippen LogP contribution in [0.3, 0.4) is 0 Å². The summed E-state index contributed by atoms with van der Waals surface area (Å²) < 4.78 is 47.6. The number of phosphoric acid groups is 2. The summed E-state index contributed by atoms with van der Waals surface area (Å²) in [5, 5.41) is 19.8. The first-order valence-corrected chi connectivity index (χ1v) is 24.1. The zero-order chi connectivity index (χ0) is 43.2. The van der Waals surface area contributed by atoms with E-state index in [1.807, 2.05) is 36.5 Å². The van der Waals surface area contributed by atoms with Crippen molar-refractivity contribution in [2.75, 3.05) is 26.4 Å². The number of phosphoric ester groups is 2. The van der Waals surface area contributed by atoms with Crippen molar-refractivity contribution in [3.8, 4) is 0 Å². The van der Waals surface area contributed by atoms with Crippen molar-refractivity contribution < 1.29 is 66.7 Å². The third-order valence-corrected chi connectivity index (χ3v) is 9.89. The maximum absolute atomic E-state index is 12.6. The Balaban J connectivity index is 4.72. The molecule has 0 heterocycles. The maximum atomic E-state index is 12.6. The lowest BCUT2D eigenvalue weighted by Gasteiger charge is -2.20. The van der Waals surface area contributed by atoms with Crippen LogP contribution in [0.25, 0.3) is 0 Å². The standard InChI is InChI=1S/C42H74O14P2/c1-3-5-7-9-11-12-13-14-15-16-20-24-28-32-41(45)52-36-40(37-55-58(50,51)54-35-39(44)34-53-57(47,48)49)56-42(46)33-29-25-21-18-17-19-23-27-31-38(43)30-26-22-10-8-6-4-2/h12-13,18-19,21-23,26-27,31,38-40,43-44H,3-11,14-17,20,24-25,28-30,32-37H2,1-2H3,(H,50,51)(H2,47,48,49)/b13-12-,21-18-,23-19-,26-22-,31-27+/t38-,39-,40+/m0/s1. The smallest absolute Gasteiger partial charge is 0.462 e. The van der Waals surface area contributed by atoms with Gasteiger partial charge in [0.2, 0.25) is 0 Å². The van der Waals surface area contributed by atoms with Gasteiger partial charge in [0, 0.05) is 12.8 Å². The molecule has 0 fully saturated rings. The van der Waals surface area contributed by atoms with Crippen molar-refractivity contribution in [1.29, 1.82) is 0 Å². The fourth-order valence-electron chi connectivity index (χ4n) is 5.18. The summed E-state index contributed by atoms with van der Waals surface area (Å²) in [5.74, 6) is -1.15. The molecule has 0 aliphatic rings. The van der Waals surface area contributed by atoms with Crippen LogP contribution in [0.1, 0.15) is 149 Å². The number of unbranched alkanes of at least 4 members (excludes halogenated alkanes) is 13. The van der Waals surface area contributed by atoms with Gasteiger partial charge in [0.05, 0.1) is 25.9 Å². The SMILES string of the molecule is CCCCC/C=C\C[C@H](O)/C=C/C=C\C/C=C\CCCC(=O)O[C@H](COC(=O)CCCCCCC/C=C\CCCCCC)COP(=O)(O)OC[C@@H](O)COP(=O)(O)O. The molecule has 0 spiro atoms. The van der Waals surface area contributed by atoms with Gasteiger partial charge in [-0.25, -0.2) is 9.13 Å². The number of esters is 2. The first kappa shape index (κ1) is 55.8. The van der Waals surface area contributed by atoms with Crippen molar-refractivity contribution in [2.45, 2.75) is 167 Å². The number of aliphatic hydroxyl groups excluding tert-OH is 2. The molecule has 4 atom stereocenters. The quantitative estimate of drug-likeness (QED) is 0.0128. The van der Waals surface area contributed by atoms with Gasteiger partial charge >= 0.3 is 27.6 Å². The van der Waals surface area contributed by atoms with Crippen LogP contribution in [0.4, 0.5) is 0 Å². The minimum Gasteiger partial charge on any atom is -0.462 e. The molecular formula is C42H74O14P2. The van der Waals surface area contributed by atoms with E-state index < -0.39 is 72.3 Å². The topological polar surface area (TPSA) is 216 Å². The van der Waals surface area contributed by atoms with Crippen molar-refractivity contribution in [1.82, 2.24) is 0 Å². The number of hydrogen-bond donors (Lipinski definition) is 5. The number of carbonyl (C=O) groups excluding carboxylic acids is 2. The Hall–Kier alpha value is -2.22. The molecule has 0 aromatic rings. The van der Waals surface area contributed by atoms with Gasteiger partial charge in [-0.3, -0.25) is 23.2 Å². The molecule has 1 unspecified atom stereocenters. The largest absolute Gasteiger partial charge is 0.472 e. The number of aliphatic hydroxyl groups is 2. The van der Waals surface area contributed by atoms with Gasteiger partial charge in [0.15, 0.2) is 6.10 Å². The predicted octanol–water partition coefficient (Wildman–Crippen LogP) is 9.42. The van der Waals surface area contributed by atoms with Crippen LogP contribution >= 0.6 is 15.6 Å². The molecule has 16 heteroatoms. The monoisotopic (exact) mass is 864 g/mol. The van der Waals surface area contributed by atoms with E-state index in [2.05, 4.69) is 41.1 Å². The Morgan fingerprint density at radius 1 is 0.569 bits per heavy atom. The van der Waals surface area contributed by atoms with Gasteiger partial charge in [0.1, 0.15) is 12.7 Å². The van der Waals surface area contributed by atoms with Crippen molar-refractivity contribution in [3.05, 3.63) is 60.8 Å². The van der Waals surface area contributed by atoms with Crippen LogP contribution in [-0.4, -0.2) is 81.6 Å². The maximum Gasteiger partial charge on any atom is 0.472 e. The molecule has 14 nitrogen and oxygen atoms in total. The Kier molecular flexibility index (Phi) is 36.3. The lowest BCUT2D eigenvalue weighted by molar-refractivity contribution is -0.161. The van der Waals surface area contributed by atoms with Crippen LogP contribution < -0.4 is 0 Å². The summed E-state index contributed by atoms with van der Waals surface area (Å²) in [6.07, 6.45) is 35.4. The Morgan fingerprint density at radius 2 is 1.10 bits per heavy atom. The minimum atomic E-state index is -4.88. The molecule has 0 aliphatic heterocycles. The fourth-order valence-corrected chi connectivity index (χ4v) is 6.34. The molecule has 5 N–H and O–H groups in total. The lowest BCUT2D eigenvalue weighted by atomic mass is 10.1. The second-order valence-corrected chi connectivity index (χ2v) is 16.8. The Labute approximate surface area is 347 Å². The van der Waals surface area contributed by atoms with Crippen LogP contribution in [0, 0.1) is 0 Å². The zero-order valence-electron chi connectivity index (χ0n) is 35.0. The van der Waals surface area contributed by atoms with E-state index in [4.69, 9.17) is 23.8 Å². The average molecular weight is 865 g/mol. The van der Waals surface area contributed by atoms with Crippen LogP contribution in [0.5, 0.6) is 0 Å². The first-order valence-electron chi connectivity index (χ1n) is 21.1. The van der Waals surface area contributed by atoms with Crippen molar-refractivity contribution in [3.63, 3.8) is 0 Å². The van der Waals surface area contributed by atoms with E-state index >= 15 is 0 Å². The molecule has 0 rings (SSSR count). The van der Waals surface area contributed by atoms with Gasteiger partial charge in [-0.1, -0.05) is 126 Å². The van der Waals surface area contributed by atoms with Gasteiger partial charge in [0.25, 0.3) is 0 Å². The molecule has 0 aromatic heterocycles. The molecule has 336 valence electrons. The van der Waals surface area contributed by atoms with E-state index in [1.165, 1.54) is 44.9 Å². The van der Waals surface area contributed by atoms with E-state index in [0.29, 0.717) is 32.1 Å². The molecule has 0 aromatic carbocycles. The molecule has 0 amide bonds.